The summed E-state index contributed by atoms with van der Waals surface area (Å²) in [6.45, 7) is 6.64. The number of allylic oxidation sites excluding steroid dienone is 4. The number of hydrogen-bond acceptors (Lipinski definition) is 0. The van der Waals surface area contributed by atoms with Gasteiger partial charge in [-0.25, -0.2) is 13.2 Å². The normalized spacial score (nSPS) is 7.43. The standard InChI is InChI=1S/C6H6.Be/c1-3-5-6-4-2;/h5-6H,1-2H2;/q-2;+2/b6-5-;. The van der Waals surface area contributed by atoms with Gasteiger partial charge in [0.2, 0.25) is 0 Å². The Morgan fingerprint density at radius 2 is 1.29 bits per heavy atom. The van der Waals surface area contributed by atoms with Crippen LogP contribution >= 0.6 is 0 Å². The predicted octanol–water partition coefficient (Wildman–Crippen LogP) is 1.14. The maximum Gasteiger partial charge on any atom is 2.00 e. The Morgan fingerprint density at radius 1 is 1.00 bits per heavy atom. The smallest absolute Gasteiger partial charge is 0.387 e. The number of rotatable bonds is 2. The zero-order valence-electron chi connectivity index (χ0n) is 4.28. The summed E-state index contributed by atoms with van der Waals surface area (Å²) in [6.07, 6.45) is 8.36. The van der Waals surface area contributed by atoms with Crippen LogP contribution in [0, 0.1) is 12.2 Å². The molecule has 0 unspecified atom stereocenters. The van der Waals surface area contributed by atoms with Crippen molar-refractivity contribution in [2.45, 2.75) is 0 Å². The van der Waals surface area contributed by atoms with Crippen molar-refractivity contribution < 1.29 is 0 Å². The molecular formula is C6H6Be. The molecule has 0 aliphatic carbocycles. The van der Waals surface area contributed by atoms with Crippen LogP contribution in [0.5, 0.6) is 0 Å². The molecule has 0 amide bonds. The monoisotopic (exact) mass is 87.1 g/mol. The second kappa shape index (κ2) is 9.04. The van der Waals surface area contributed by atoms with Gasteiger partial charge in [0.05, 0.1) is 0 Å². The average molecular weight is 87.1 g/mol. The molecule has 0 rings (SSSR count). The van der Waals surface area contributed by atoms with Crippen LogP contribution in [0.2, 0.25) is 0 Å². The summed E-state index contributed by atoms with van der Waals surface area (Å²) in [7, 11) is 0. The summed E-state index contributed by atoms with van der Waals surface area (Å²) in [5, 5.41) is 0. The van der Waals surface area contributed by atoms with Crippen molar-refractivity contribution in [1.82, 2.24) is 0 Å². The van der Waals surface area contributed by atoms with Crippen LogP contribution in [0.3, 0.4) is 0 Å². The average Bonchev–Trinajstić information content (AvgIpc) is 1.61. The van der Waals surface area contributed by atoms with E-state index in [-0.39, 0.29) is 10.1 Å². The first kappa shape index (κ1) is 9.63. The van der Waals surface area contributed by atoms with Crippen LogP contribution in [-0.4, -0.2) is 10.1 Å². The van der Waals surface area contributed by atoms with Crippen LogP contribution in [0.1, 0.15) is 0 Å². The van der Waals surface area contributed by atoms with Gasteiger partial charge in [0.1, 0.15) is 0 Å². The number of hydrogen-bond donors (Lipinski definition) is 0. The molecular weight excluding hydrogens is 81.1 g/mol. The summed E-state index contributed by atoms with van der Waals surface area (Å²) < 4.78 is 0. The molecule has 0 aliphatic heterocycles. The Labute approximate surface area is 48.5 Å². The zero-order valence-corrected chi connectivity index (χ0v) is 4.28. The van der Waals surface area contributed by atoms with Gasteiger partial charge in [0.15, 0.2) is 0 Å². The summed E-state index contributed by atoms with van der Waals surface area (Å²) in [5.74, 6) is 0. The van der Waals surface area contributed by atoms with Crippen molar-refractivity contribution in [3.63, 3.8) is 0 Å². The maximum atomic E-state index is 3.32. The van der Waals surface area contributed by atoms with Crippen LogP contribution in [0.25, 0.3) is 0 Å². The first-order valence-corrected chi connectivity index (χ1v) is 1.62. The van der Waals surface area contributed by atoms with Gasteiger partial charge in [0, 0.05) is 0 Å². The van der Waals surface area contributed by atoms with E-state index in [9.17, 15) is 0 Å². The van der Waals surface area contributed by atoms with Gasteiger partial charge in [-0.1, -0.05) is 0 Å². The third kappa shape index (κ3) is 10.8. The quantitative estimate of drug-likeness (QED) is 0.269. The van der Waals surface area contributed by atoms with Gasteiger partial charge >= 0.3 is 10.1 Å². The maximum absolute atomic E-state index is 3.32. The van der Waals surface area contributed by atoms with E-state index >= 15 is 0 Å². The van der Waals surface area contributed by atoms with Gasteiger partial charge in [-0.15, -0.1) is 0 Å². The molecule has 0 aromatic heterocycles. The van der Waals surface area contributed by atoms with Crippen molar-refractivity contribution in [2.24, 2.45) is 0 Å². The van der Waals surface area contributed by atoms with E-state index in [1.807, 2.05) is 0 Å². The van der Waals surface area contributed by atoms with Crippen LogP contribution < -0.4 is 0 Å². The van der Waals surface area contributed by atoms with Crippen molar-refractivity contribution in [3.8, 4) is 0 Å². The molecule has 0 aromatic rings. The summed E-state index contributed by atoms with van der Waals surface area (Å²) in [5.41, 5.74) is 0. The van der Waals surface area contributed by atoms with Gasteiger partial charge in [-0.3, -0.25) is 0 Å². The molecule has 0 fully saturated rings. The van der Waals surface area contributed by atoms with E-state index in [1.165, 1.54) is 0 Å². The molecule has 7 heavy (non-hydrogen) atoms. The first-order chi connectivity index (χ1) is 2.91. The summed E-state index contributed by atoms with van der Waals surface area (Å²) in [6, 6.07) is 0. The van der Waals surface area contributed by atoms with E-state index in [0.29, 0.717) is 0 Å². The first-order valence-electron chi connectivity index (χ1n) is 1.62. The van der Waals surface area contributed by atoms with E-state index in [2.05, 4.69) is 25.3 Å². The molecule has 0 atom stereocenters. The molecule has 32 valence electrons. The fourth-order valence-electron chi connectivity index (χ4n) is 0.118. The molecule has 0 nitrogen and oxygen atoms in total. The second-order valence-electron chi connectivity index (χ2n) is 0.742. The molecule has 0 spiro atoms. The minimum absolute atomic E-state index is 0. The topological polar surface area (TPSA) is 0 Å². The third-order valence-corrected chi connectivity index (χ3v) is 0.319. The van der Waals surface area contributed by atoms with E-state index in [0.717, 1.165) is 0 Å². The molecule has 0 aromatic carbocycles. The van der Waals surface area contributed by atoms with Gasteiger partial charge < -0.3 is 24.3 Å². The fraction of sp³-hybridized carbons (Fsp3) is 0. The van der Waals surface area contributed by atoms with Crippen molar-refractivity contribution in [2.75, 3.05) is 0 Å². The molecule has 0 saturated carbocycles. The third-order valence-electron chi connectivity index (χ3n) is 0.319. The van der Waals surface area contributed by atoms with Gasteiger partial charge in [-0.2, -0.15) is 0 Å². The predicted molar refractivity (Wildman–Crippen MR) is 32.6 cm³/mol. The van der Waals surface area contributed by atoms with Gasteiger partial charge in [0.25, 0.3) is 0 Å². The Morgan fingerprint density at radius 3 is 1.43 bits per heavy atom. The van der Waals surface area contributed by atoms with Crippen LogP contribution in [0.4, 0.5) is 0 Å². The van der Waals surface area contributed by atoms with Gasteiger partial charge in [-0.05, 0) is 0 Å². The summed E-state index contributed by atoms with van der Waals surface area (Å²) in [4.78, 5) is 0. The SMILES string of the molecule is C=[C-]/C=C\[C-]=C.[Be+2]. The van der Waals surface area contributed by atoms with E-state index in [1.54, 1.807) is 12.2 Å². The molecule has 0 N–H and O–H groups in total. The molecule has 0 bridgehead atoms. The molecule has 0 saturated heterocycles. The van der Waals surface area contributed by atoms with Crippen LogP contribution in [0.15, 0.2) is 25.3 Å². The van der Waals surface area contributed by atoms with Crippen molar-refractivity contribution in [3.05, 3.63) is 37.5 Å². The Balaban J connectivity index is 0. The van der Waals surface area contributed by atoms with E-state index < -0.39 is 0 Å². The van der Waals surface area contributed by atoms with E-state index in [4.69, 9.17) is 0 Å². The minimum Gasteiger partial charge on any atom is -0.387 e. The largest absolute Gasteiger partial charge is 2.00 e. The minimum atomic E-state index is 0. The van der Waals surface area contributed by atoms with Crippen LogP contribution in [-0.2, 0) is 0 Å². The molecule has 0 aliphatic rings. The van der Waals surface area contributed by atoms with Crippen molar-refractivity contribution >= 4 is 10.1 Å². The Hall–Kier alpha value is -0.611. The molecule has 0 radical (unpaired) electrons. The second-order valence-corrected chi connectivity index (χ2v) is 0.742. The summed E-state index contributed by atoms with van der Waals surface area (Å²) >= 11 is 0. The van der Waals surface area contributed by atoms with Crippen molar-refractivity contribution in [1.29, 1.82) is 0 Å². The Bertz CT molecular complexity index is 62.2. The molecule has 1 heteroatoms. The zero-order chi connectivity index (χ0) is 4.83. The Kier molecular flexibility index (Phi) is 12.4. The molecule has 0 heterocycles. The fourth-order valence-corrected chi connectivity index (χ4v) is 0.118.